The van der Waals surface area contributed by atoms with Crippen LogP contribution in [0.15, 0.2) is 30.5 Å². The number of fused-ring (bicyclic) bond motifs is 4. The lowest BCUT2D eigenvalue weighted by molar-refractivity contribution is 0.0122. The first-order chi connectivity index (χ1) is 22.1. The standard InChI is InChI=1S/C35H42F2N6O3/c1-34(2,3)46-33(44)43-21-10-11-22(43)19-41(18-21)31-26-17-38-29(24-9-5-4-8-23(24)25-16-27(25)36)28(37)30(26)39-32(40-31)45-20-35-12-6-14-42(35)15-7-13-35/h4-5,8-9,17,21-22,25,27H,6-7,10-16,18-20H2,1-3H3/t21?,22?,25-,27?/m0/s1. The number of hydrogen-bond donors (Lipinski definition) is 0. The zero-order valence-electron chi connectivity index (χ0n) is 26.8. The molecule has 3 aromatic rings. The van der Waals surface area contributed by atoms with E-state index in [-0.39, 0.29) is 46.9 Å². The third-order valence-corrected chi connectivity index (χ3v) is 10.6. The number of piperazine rings is 1. The molecule has 5 fully saturated rings. The molecule has 8 rings (SSSR count). The fraction of sp³-hybridized carbons (Fsp3) is 0.600. The molecule has 1 aliphatic carbocycles. The number of anilines is 1. The van der Waals surface area contributed by atoms with Crippen LogP contribution in [0, 0.1) is 5.82 Å². The van der Waals surface area contributed by atoms with Gasteiger partial charge in [-0.2, -0.15) is 9.97 Å². The maximum atomic E-state index is 16.7. The van der Waals surface area contributed by atoms with E-state index in [1.165, 1.54) is 0 Å². The van der Waals surface area contributed by atoms with Crippen LogP contribution in [-0.4, -0.2) is 93.0 Å². The van der Waals surface area contributed by atoms with Crippen molar-refractivity contribution in [3.8, 4) is 17.3 Å². The van der Waals surface area contributed by atoms with Gasteiger partial charge < -0.3 is 14.4 Å². The van der Waals surface area contributed by atoms with Crippen molar-refractivity contribution >= 4 is 22.8 Å². The van der Waals surface area contributed by atoms with E-state index >= 15 is 4.39 Å². The van der Waals surface area contributed by atoms with E-state index in [0.29, 0.717) is 42.9 Å². The van der Waals surface area contributed by atoms with E-state index in [9.17, 15) is 9.18 Å². The number of amides is 1. The first-order valence-electron chi connectivity index (χ1n) is 16.8. The quantitative estimate of drug-likeness (QED) is 0.315. The molecule has 0 spiro atoms. The fourth-order valence-electron chi connectivity index (χ4n) is 8.39. The van der Waals surface area contributed by atoms with Gasteiger partial charge in [0.2, 0.25) is 0 Å². The Kier molecular flexibility index (Phi) is 7.12. The predicted molar refractivity (Wildman–Crippen MR) is 170 cm³/mol. The Labute approximate surface area is 268 Å². The average Bonchev–Trinajstić information content (AvgIpc) is 3.28. The van der Waals surface area contributed by atoms with Crippen LogP contribution in [0.5, 0.6) is 6.01 Å². The zero-order chi connectivity index (χ0) is 31.8. The second-order valence-electron chi connectivity index (χ2n) is 14.8. The van der Waals surface area contributed by atoms with Crippen LogP contribution in [0.4, 0.5) is 19.4 Å². The number of pyridine rings is 1. The normalized spacial score (nSPS) is 26.9. The van der Waals surface area contributed by atoms with E-state index in [1.54, 1.807) is 12.3 Å². The second-order valence-corrected chi connectivity index (χ2v) is 14.8. The first-order valence-corrected chi connectivity index (χ1v) is 16.8. The summed E-state index contributed by atoms with van der Waals surface area (Å²) in [6, 6.07) is 7.39. The van der Waals surface area contributed by atoms with Crippen molar-refractivity contribution in [2.45, 2.75) is 101 Å². The molecule has 0 N–H and O–H groups in total. The van der Waals surface area contributed by atoms with Gasteiger partial charge in [-0.1, -0.05) is 24.3 Å². The van der Waals surface area contributed by atoms with Gasteiger partial charge >= 0.3 is 12.1 Å². The summed E-state index contributed by atoms with van der Waals surface area (Å²) in [5.74, 6) is -0.249. The number of rotatable bonds is 6. The molecule has 0 radical (unpaired) electrons. The smallest absolute Gasteiger partial charge is 0.410 e. The Bertz CT molecular complexity index is 1660. The molecular weight excluding hydrogens is 590 g/mol. The van der Waals surface area contributed by atoms with Crippen LogP contribution in [0.2, 0.25) is 0 Å². The maximum absolute atomic E-state index is 16.7. The number of halogens is 2. The van der Waals surface area contributed by atoms with Gasteiger partial charge in [-0.05, 0) is 84.4 Å². The number of nitrogens with zero attached hydrogens (tertiary/aromatic N) is 6. The predicted octanol–water partition coefficient (Wildman–Crippen LogP) is 6.25. The molecule has 1 amide bonds. The van der Waals surface area contributed by atoms with Crippen LogP contribution < -0.4 is 9.64 Å². The topological polar surface area (TPSA) is 83.9 Å². The lowest BCUT2D eigenvalue weighted by Gasteiger charge is -2.42. The number of benzene rings is 1. The van der Waals surface area contributed by atoms with Crippen LogP contribution in [0.3, 0.4) is 0 Å². The van der Waals surface area contributed by atoms with Gasteiger partial charge in [0.1, 0.15) is 35.4 Å². The Morgan fingerprint density at radius 1 is 1.07 bits per heavy atom. The summed E-state index contributed by atoms with van der Waals surface area (Å²) in [7, 11) is 0. The van der Waals surface area contributed by atoms with Crippen LogP contribution in [0.25, 0.3) is 22.2 Å². The molecule has 6 heterocycles. The summed E-state index contributed by atoms with van der Waals surface area (Å²) in [5, 5.41) is 0.493. The first kappa shape index (κ1) is 29.8. The lowest BCUT2D eigenvalue weighted by Crippen LogP contribution is -2.57. The summed E-state index contributed by atoms with van der Waals surface area (Å²) in [6.07, 6.45) is 6.99. The second kappa shape index (κ2) is 11.0. The highest BCUT2D eigenvalue weighted by atomic mass is 19.1. The Balaban J connectivity index is 1.17. The molecule has 2 bridgehead atoms. The van der Waals surface area contributed by atoms with Crippen molar-refractivity contribution in [3.63, 3.8) is 0 Å². The van der Waals surface area contributed by atoms with Crippen molar-refractivity contribution in [3.05, 3.63) is 41.8 Å². The molecule has 46 heavy (non-hydrogen) atoms. The largest absolute Gasteiger partial charge is 0.461 e. The van der Waals surface area contributed by atoms with Crippen LogP contribution >= 0.6 is 0 Å². The highest BCUT2D eigenvalue weighted by Crippen LogP contribution is 2.47. The van der Waals surface area contributed by atoms with E-state index in [2.05, 4.69) is 19.8 Å². The minimum Gasteiger partial charge on any atom is -0.461 e. The summed E-state index contributed by atoms with van der Waals surface area (Å²) in [6.45, 7) is 9.30. The SMILES string of the molecule is CC(C)(C)OC(=O)N1C2CCC1CN(c1nc(OCC34CCCN3CCC4)nc3c(F)c(-c4ccccc4[C@@H]4CC4F)ncc13)C2. The summed E-state index contributed by atoms with van der Waals surface area (Å²) in [5.41, 5.74) is 1.05. The van der Waals surface area contributed by atoms with E-state index in [1.807, 2.05) is 43.9 Å². The molecule has 5 aliphatic rings. The summed E-state index contributed by atoms with van der Waals surface area (Å²) < 4.78 is 43.0. The lowest BCUT2D eigenvalue weighted by atomic mass is 9.95. The number of hydrogen-bond acceptors (Lipinski definition) is 8. The van der Waals surface area contributed by atoms with Crippen molar-refractivity contribution in [2.75, 3.05) is 37.7 Å². The van der Waals surface area contributed by atoms with Gasteiger partial charge in [0.25, 0.3) is 0 Å². The molecule has 3 unspecified atom stereocenters. The van der Waals surface area contributed by atoms with Gasteiger partial charge in [0.05, 0.1) is 23.0 Å². The maximum Gasteiger partial charge on any atom is 0.410 e. The summed E-state index contributed by atoms with van der Waals surface area (Å²) >= 11 is 0. The molecule has 244 valence electrons. The number of ether oxygens (including phenoxy) is 2. The Hall–Kier alpha value is -3.60. The average molecular weight is 633 g/mol. The van der Waals surface area contributed by atoms with E-state index < -0.39 is 17.6 Å². The van der Waals surface area contributed by atoms with Gasteiger partial charge in [-0.3, -0.25) is 14.8 Å². The monoisotopic (exact) mass is 632 g/mol. The number of carbonyl (C=O) groups is 1. The van der Waals surface area contributed by atoms with Crippen molar-refractivity contribution in [1.82, 2.24) is 24.8 Å². The van der Waals surface area contributed by atoms with Crippen molar-refractivity contribution in [2.24, 2.45) is 0 Å². The number of alkyl halides is 1. The van der Waals surface area contributed by atoms with E-state index in [4.69, 9.17) is 14.5 Å². The molecule has 1 aromatic carbocycles. The molecule has 4 aliphatic heterocycles. The van der Waals surface area contributed by atoms with Gasteiger partial charge in [-0.25, -0.2) is 13.6 Å². The molecular formula is C35H42F2N6O3. The highest BCUT2D eigenvalue weighted by Gasteiger charge is 2.47. The molecule has 4 saturated heterocycles. The van der Waals surface area contributed by atoms with Gasteiger partial charge in [0.15, 0.2) is 5.82 Å². The highest BCUT2D eigenvalue weighted by molar-refractivity contribution is 5.92. The molecule has 11 heteroatoms. The van der Waals surface area contributed by atoms with Gasteiger partial charge in [0, 0.05) is 30.8 Å². The molecule has 1 saturated carbocycles. The fourth-order valence-corrected chi connectivity index (χ4v) is 8.39. The zero-order valence-corrected chi connectivity index (χ0v) is 26.8. The third-order valence-electron chi connectivity index (χ3n) is 10.6. The van der Waals surface area contributed by atoms with E-state index in [0.717, 1.165) is 57.2 Å². The number of carbonyl (C=O) groups excluding carboxylic acids is 1. The Morgan fingerprint density at radius 3 is 2.43 bits per heavy atom. The minimum atomic E-state index is -0.918. The van der Waals surface area contributed by atoms with Crippen LogP contribution in [0.1, 0.15) is 77.2 Å². The minimum absolute atomic E-state index is 0.0231. The molecule has 2 aromatic heterocycles. The Morgan fingerprint density at radius 2 is 1.76 bits per heavy atom. The number of aromatic nitrogens is 3. The summed E-state index contributed by atoms with van der Waals surface area (Å²) in [4.78, 5) is 33.9. The van der Waals surface area contributed by atoms with Gasteiger partial charge in [-0.15, -0.1) is 0 Å². The molecule has 9 nitrogen and oxygen atoms in total. The van der Waals surface area contributed by atoms with Crippen molar-refractivity contribution < 1.29 is 23.0 Å². The van der Waals surface area contributed by atoms with Crippen molar-refractivity contribution in [1.29, 1.82) is 0 Å². The third kappa shape index (κ3) is 5.15. The van der Waals surface area contributed by atoms with Crippen LogP contribution in [-0.2, 0) is 4.74 Å². The molecule has 4 atom stereocenters.